The molecule has 2 N–H and O–H groups in total. The van der Waals surface area contributed by atoms with Gasteiger partial charge in [-0.15, -0.1) is 0 Å². The van der Waals surface area contributed by atoms with Crippen molar-refractivity contribution in [3.05, 3.63) is 65.2 Å². The Bertz CT molecular complexity index is 1110. The highest BCUT2D eigenvalue weighted by molar-refractivity contribution is 5.96. The molecule has 0 aromatic heterocycles. The minimum Gasteiger partial charge on any atom is -0.468 e. The van der Waals surface area contributed by atoms with Crippen LogP contribution >= 0.6 is 0 Å². The van der Waals surface area contributed by atoms with Crippen molar-refractivity contribution in [2.75, 3.05) is 19.0 Å². The molecule has 0 radical (unpaired) electrons. The summed E-state index contributed by atoms with van der Waals surface area (Å²) in [5, 5.41) is 5.74. The van der Waals surface area contributed by atoms with Gasteiger partial charge in [-0.05, 0) is 86.0 Å². The third-order valence-corrected chi connectivity index (χ3v) is 8.44. The molecule has 2 amide bonds. The standard InChI is InChI=1S/C29H34N2O4/c1-19-3-7-23(8-4-19)28-13-21-11-22(14-28)16-29(15-21,18-28)27(34)31-24-9-5-20(6-10-24)12-25(32)30-17-26(33)35-2/h3-10,21-22H,11-18H2,1-2H3,(H,30,32)(H,31,34). The molecule has 6 nitrogen and oxygen atoms in total. The lowest BCUT2D eigenvalue weighted by molar-refractivity contribution is -0.143. The van der Waals surface area contributed by atoms with Gasteiger partial charge in [-0.25, -0.2) is 0 Å². The van der Waals surface area contributed by atoms with Gasteiger partial charge in [-0.2, -0.15) is 0 Å². The summed E-state index contributed by atoms with van der Waals surface area (Å²) in [5.41, 5.74) is 4.07. The molecule has 0 aliphatic heterocycles. The number of esters is 1. The van der Waals surface area contributed by atoms with Gasteiger partial charge in [-0.3, -0.25) is 14.4 Å². The number of benzene rings is 2. The Labute approximate surface area is 206 Å². The van der Waals surface area contributed by atoms with Gasteiger partial charge in [0.25, 0.3) is 0 Å². The number of amides is 2. The molecule has 6 heteroatoms. The van der Waals surface area contributed by atoms with Gasteiger partial charge >= 0.3 is 5.97 Å². The van der Waals surface area contributed by atoms with Crippen LogP contribution in [0.2, 0.25) is 0 Å². The number of anilines is 1. The highest BCUT2D eigenvalue weighted by Gasteiger charge is 2.60. The summed E-state index contributed by atoms with van der Waals surface area (Å²) in [4.78, 5) is 36.9. The number of carbonyl (C=O) groups excluding carboxylic acids is 3. The van der Waals surface area contributed by atoms with Gasteiger partial charge < -0.3 is 15.4 Å². The molecular weight excluding hydrogens is 440 g/mol. The van der Waals surface area contributed by atoms with E-state index < -0.39 is 5.97 Å². The molecule has 4 saturated carbocycles. The fourth-order valence-corrected chi connectivity index (χ4v) is 7.23. The summed E-state index contributed by atoms with van der Waals surface area (Å²) >= 11 is 0. The minimum atomic E-state index is -0.481. The number of methoxy groups -OCH3 is 1. The monoisotopic (exact) mass is 474 g/mol. The van der Waals surface area contributed by atoms with E-state index in [2.05, 4.69) is 46.6 Å². The number of ether oxygens (including phenoxy) is 1. The Morgan fingerprint density at radius 3 is 2.23 bits per heavy atom. The molecule has 4 aliphatic rings. The maximum absolute atomic E-state index is 13.7. The number of nitrogens with one attached hydrogen (secondary N) is 2. The molecular formula is C29H34N2O4. The van der Waals surface area contributed by atoms with E-state index in [-0.39, 0.29) is 35.6 Å². The van der Waals surface area contributed by atoms with E-state index in [4.69, 9.17) is 0 Å². The van der Waals surface area contributed by atoms with Crippen LogP contribution < -0.4 is 10.6 Å². The van der Waals surface area contributed by atoms with E-state index in [1.165, 1.54) is 37.5 Å². The Morgan fingerprint density at radius 1 is 0.943 bits per heavy atom. The minimum absolute atomic E-state index is 0.122. The Kier molecular flexibility index (Phi) is 6.16. The topological polar surface area (TPSA) is 84.5 Å². The number of aryl methyl sites for hydroxylation is 1. The average Bonchev–Trinajstić information content (AvgIpc) is 2.83. The highest BCUT2D eigenvalue weighted by atomic mass is 16.5. The lowest BCUT2D eigenvalue weighted by Gasteiger charge is -2.61. The van der Waals surface area contributed by atoms with Gasteiger partial charge in [0.2, 0.25) is 11.8 Å². The van der Waals surface area contributed by atoms with E-state index in [9.17, 15) is 14.4 Å². The molecule has 4 fully saturated rings. The smallest absolute Gasteiger partial charge is 0.325 e. The second-order valence-electron chi connectivity index (χ2n) is 11.1. The maximum atomic E-state index is 13.7. The molecule has 35 heavy (non-hydrogen) atoms. The van der Waals surface area contributed by atoms with Crippen LogP contribution in [0.3, 0.4) is 0 Å². The first kappa shape index (κ1) is 23.6. The Hall–Kier alpha value is -3.15. The first-order valence-electron chi connectivity index (χ1n) is 12.6. The van der Waals surface area contributed by atoms with E-state index in [0.717, 1.165) is 30.5 Å². The van der Waals surface area contributed by atoms with Crippen molar-refractivity contribution in [3.63, 3.8) is 0 Å². The van der Waals surface area contributed by atoms with Crippen LogP contribution in [0, 0.1) is 24.2 Å². The summed E-state index contributed by atoms with van der Waals surface area (Å²) in [7, 11) is 1.28. The van der Waals surface area contributed by atoms with Crippen molar-refractivity contribution >= 4 is 23.5 Å². The number of carbonyl (C=O) groups is 3. The van der Waals surface area contributed by atoms with E-state index in [1.54, 1.807) is 0 Å². The molecule has 184 valence electrons. The van der Waals surface area contributed by atoms with Crippen molar-refractivity contribution in [1.82, 2.24) is 5.32 Å². The third kappa shape index (κ3) is 4.71. The predicted octanol–water partition coefficient (Wildman–Crippen LogP) is 4.30. The van der Waals surface area contributed by atoms with E-state index in [1.807, 2.05) is 24.3 Å². The zero-order valence-electron chi connectivity index (χ0n) is 20.6. The summed E-state index contributed by atoms with van der Waals surface area (Å²) in [6, 6.07) is 16.4. The quantitative estimate of drug-likeness (QED) is 0.586. The zero-order chi connectivity index (χ0) is 24.6. The van der Waals surface area contributed by atoms with Crippen molar-refractivity contribution in [3.8, 4) is 0 Å². The van der Waals surface area contributed by atoms with Crippen LogP contribution in [0.4, 0.5) is 5.69 Å². The van der Waals surface area contributed by atoms with E-state index >= 15 is 0 Å². The van der Waals surface area contributed by atoms with Gasteiger partial charge in [0.15, 0.2) is 0 Å². The number of hydrogen-bond donors (Lipinski definition) is 2. The molecule has 4 aliphatic carbocycles. The molecule has 0 heterocycles. The summed E-state index contributed by atoms with van der Waals surface area (Å²) in [6.45, 7) is 1.98. The summed E-state index contributed by atoms with van der Waals surface area (Å²) < 4.78 is 4.53. The Balaban J connectivity index is 1.26. The molecule has 6 rings (SSSR count). The molecule has 0 saturated heterocycles. The largest absolute Gasteiger partial charge is 0.468 e. The van der Waals surface area contributed by atoms with Gasteiger partial charge in [0.1, 0.15) is 6.54 Å². The normalized spacial score (nSPS) is 28.4. The van der Waals surface area contributed by atoms with Gasteiger partial charge in [-0.1, -0.05) is 42.0 Å². The average molecular weight is 475 g/mol. The summed E-state index contributed by atoms with van der Waals surface area (Å²) in [6.07, 6.45) is 6.73. The highest BCUT2D eigenvalue weighted by Crippen LogP contribution is 2.66. The molecule has 4 bridgehead atoms. The van der Waals surface area contributed by atoms with Crippen LogP contribution in [0.5, 0.6) is 0 Å². The van der Waals surface area contributed by atoms with Crippen molar-refractivity contribution < 1.29 is 19.1 Å². The van der Waals surface area contributed by atoms with Crippen molar-refractivity contribution in [1.29, 1.82) is 0 Å². The van der Waals surface area contributed by atoms with Crippen molar-refractivity contribution in [2.24, 2.45) is 17.3 Å². The van der Waals surface area contributed by atoms with Gasteiger partial charge in [0.05, 0.1) is 18.9 Å². The maximum Gasteiger partial charge on any atom is 0.325 e. The second kappa shape index (κ2) is 9.14. The Morgan fingerprint density at radius 2 is 1.60 bits per heavy atom. The molecule has 0 spiro atoms. The lowest BCUT2D eigenvalue weighted by atomic mass is 9.42. The van der Waals surface area contributed by atoms with Crippen LogP contribution in [-0.4, -0.2) is 31.4 Å². The second-order valence-corrected chi connectivity index (χ2v) is 11.1. The van der Waals surface area contributed by atoms with E-state index in [0.29, 0.717) is 11.8 Å². The fraction of sp³-hybridized carbons (Fsp3) is 0.483. The predicted molar refractivity (Wildman–Crippen MR) is 134 cm³/mol. The summed E-state index contributed by atoms with van der Waals surface area (Å²) in [5.74, 6) is 0.655. The first-order chi connectivity index (χ1) is 16.8. The van der Waals surface area contributed by atoms with Crippen LogP contribution in [0.15, 0.2) is 48.5 Å². The lowest BCUT2D eigenvalue weighted by Crippen LogP contribution is -2.57. The molecule has 2 aromatic rings. The molecule has 2 aromatic carbocycles. The third-order valence-electron chi connectivity index (χ3n) is 8.44. The number of hydrogen-bond acceptors (Lipinski definition) is 4. The van der Waals surface area contributed by atoms with Crippen LogP contribution in [0.25, 0.3) is 0 Å². The molecule has 2 unspecified atom stereocenters. The van der Waals surface area contributed by atoms with Crippen LogP contribution in [0.1, 0.15) is 55.2 Å². The zero-order valence-corrected chi connectivity index (χ0v) is 20.6. The number of rotatable bonds is 7. The molecule has 2 atom stereocenters. The first-order valence-corrected chi connectivity index (χ1v) is 12.6. The fourth-order valence-electron chi connectivity index (χ4n) is 7.23. The SMILES string of the molecule is COC(=O)CNC(=O)Cc1ccc(NC(=O)C23CC4CC(C2)CC(c2ccc(C)cc2)(C4)C3)cc1. The van der Waals surface area contributed by atoms with Crippen LogP contribution in [-0.2, 0) is 31.0 Å². The van der Waals surface area contributed by atoms with Gasteiger partial charge in [0, 0.05) is 5.69 Å². The van der Waals surface area contributed by atoms with Crippen molar-refractivity contribution in [2.45, 2.75) is 57.3 Å².